The van der Waals surface area contributed by atoms with E-state index >= 15 is 0 Å². The maximum absolute atomic E-state index is 11.5. The lowest BCUT2D eigenvalue weighted by Crippen LogP contribution is -2.38. The Hall–Kier alpha value is -2.39. The summed E-state index contributed by atoms with van der Waals surface area (Å²) < 4.78 is 10.0. The highest BCUT2D eigenvalue weighted by atomic mass is 16.6. The van der Waals surface area contributed by atoms with Crippen LogP contribution in [0.5, 0.6) is 5.75 Å². The Labute approximate surface area is 139 Å². The zero-order chi connectivity index (χ0) is 18.5. The fraction of sp³-hybridized carbons (Fsp3) is 0.533. The largest absolute Gasteiger partial charge is 0.496 e. The van der Waals surface area contributed by atoms with Crippen LogP contribution in [0.25, 0.3) is 0 Å². The lowest BCUT2D eigenvalue weighted by Gasteiger charge is -2.23. The van der Waals surface area contributed by atoms with Gasteiger partial charge < -0.3 is 25.0 Å². The van der Waals surface area contributed by atoms with Crippen LogP contribution in [-0.2, 0) is 4.74 Å². The molecule has 0 aliphatic carbocycles. The zero-order valence-electron chi connectivity index (χ0n) is 14.0. The third kappa shape index (κ3) is 5.67. The van der Waals surface area contributed by atoms with Gasteiger partial charge in [-0.15, -0.1) is 0 Å². The number of benzene rings is 1. The molecule has 0 heterocycles. The summed E-state index contributed by atoms with van der Waals surface area (Å²) in [6.45, 7) is 4.76. The molecule has 2 unspecified atom stereocenters. The molecular weight excluding hydrogens is 320 g/mol. The van der Waals surface area contributed by atoms with Crippen LogP contribution in [0, 0.1) is 10.1 Å². The number of hydrogen-bond donors (Lipinski definition) is 3. The van der Waals surface area contributed by atoms with Crippen molar-refractivity contribution >= 4 is 11.8 Å². The highest BCUT2D eigenvalue weighted by molar-refractivity contribution is 5.67. The molecule has 1 aromatic rings. The first-order chi connectivity index (χ1) is 11.0. The van der Waals surface area contributed by atoms with E-state index in [4.69, 9.17) is 9.47 Å². The lowest BCUT2D eigenvalue weighted by molar-refractivity contribution is -0.385. The van der Waals surface area contributed by atoms with Gasteiger partial charge in [-0.25, -0.2) is 4.79 Å². The SMILES string of the molecule is COc1ccc([N+](=O)[O-])cc1C(O)C(O)CNC(=O)OC(C)(C)C. The fourth-order valence-corrected chi connectivity index (χ4v) is 1.89. The number of non-ortho nitro benzene ring substituents is 1. The third-order valence-electron chi connectivity index (χ3n) is 2.96. The molecule has 0 saturated carbocycles. The van der Waals surface area contributed by atoms with Gasteiger partial charge in [0.25, 0.3) is 5.69 Å². The second-order valence-electron chi connectivity index (χ2n) is 6.08. The van der Waals surface area contributed by atoms with E-state index in [-0.39, 0.29) is 23.5 Å². The summed E-state index contributed by atoms with van der Waals surface area (Å²) in [7, 11) is 1.34. The maximum atomic E-state index is 11.5. The molecule has 1 amide bonds. The Morgan fingerprint density at radius 3 is 2.50 bits per heavy atom. The molecule has 9 nitrogen and oxygen atoms in total. The molecule has 0 saturated heterocycles. The van der Waals surface area contributed by atoms with Crippen LogP contribution >= 0.6 is 0 Å². The van der Waals surface area contributed by atoms with E-state index in [9.17, 15) is 25.1 Å². The van der Waals surface area contributed by atoms with Crippen molar-refractivity contribution in [3.63, 3.8) is 0 Å². The van der Waals surface area contributed by atoms with Crippen LogP contribution in [-0.4, -0.2) is 46.6 Å². The summed E-state index contributed by atoms with van der Waals surface area (Å²) in [5.74, 6) is 0.185. The monoisotopic (exact) mass is 342 g/mol. The van der Waals surface area contributed by atoms with Crippen molar-refractivity contribution in [2.75, 3.05) is 13.7 Å². The minimum atomic E-state index is -1.49. The van der Waals surface area contributed by atoms with E-state index in [1.165, 1.54) is 19.2 Å². The molecule has 3 N–H and O–H groups in total. The van der Waals surface area contributed by atoms with E-state index in [1.807, 2.05) is 0 Å². The second kappa shape index (κ2) is 7.93. The standard InChI is InChI=1S/C15H22N2O7/c1-15(2,3)24-14(20)16-8-11(18)13(19)10-7-9(17(21)22)5-6-12(10)23-4/h5-7,11,13,18-19H,8H2,1-4H3,(H,16,20). The molecule has 0 bridgehead atoms. The van der Waals surface area contributed by atoms with Gasteiger partial charge in [0.2, 0.25) is 0 Å². The van der Waals surface area contributed by atoms with Crippen molar-refractivity contribution in [1.82, 2.24) is 5.32 Å². The molecule has 0 radical (unpaired) electrons. The van der Waals surface area contributed by atoms with E-state index in [1.54, 1.807) is 20.8 Å². The zero-order valence-corrected chi connectivity index (χ0v) is 14.0. The number of nitrogens with one attached hydrogen (secondary N) is 1. The Morgan fingerprint density at radius 2 is 2.00 bits per heavy atom. The van der Waals surface area contributed by atoms with E-state index in [0.29, 0.717) is 0 Å². The number of carbonyl (C=O) groups is 1. The number of nitro groups is 1. The fourth-order valence-electron chi connectivity index (χ4n) is 1.89. The van der Waals surface area contributed by atoms with Crippen LogP contribution < -0.4 is 10.1 Å². The van der Waals surface area contributed by atoms with Crippen molar-refractivity contribution in [2.45, 2.75) is 38.6 Å². The van der Waals surface area contributed by atoms with Crippen molar-refractivity contribution < 1.29 is 29.4 Å². The quantitative estimate of drug-likeness (QED) is 0.527. The molecular formula is C15H22N2O7. The number of rotatable bonds is 6. The van der Waals surface area contributed by atoms with Crippen LogP contribution in [0.4, 0.5) is 10.5 Å². The summed E-state index contributed by atoms with van der Waals surface area (Å²) >= 11 is 0. The van der Waals surface area contributed by atoms with Gasteiger partial charge in [-0.2, -0.15) is 0 Å². The molecule has 2 atom stereocenters. The highest BCUT2D eigenvalue weighted by Gasteiger charge is 2.25. The summed E-state index contributed by atoms with van der Waals surface area (Å²) in [6, 6.07) is 3.66. The molecule has 0 aliphatic heterocycles. The number of alkyl carbamates (subject to hydrolysis) is 1. The van der Waals surface area contributed by atoms with E-state index in [2.05, 4.69) is 5.32 Å². The molecule has 0 fully saturated rings. The van der Waals surface area contributed by atoms with Gasteiger partial charge >= 0.3 is 6.09 Å². The number of carbonyl (C=O) groups excluding carboxylic acids is 1. The topological polar surface area (TPSA) is 131 Å². The number of ether oxygens (including phenoxy) is 2. The average molecular weight is 342 g/mol. The lowest BCUT2D eigenvalue weighted by atomic mass is 10.0. The van der Waals surface area contributed by atoms with Crippen LogP contribution in [0.2, 0.25) is 0 Å². The summed E-state index contributed by atoms with van der Waals surface area (Å²) in [6.07, 6.45) is -3.65. The first-order valence-electron chi connectivity index (χ1n) is 7.20. The minimum absolute atomic E-state index is 0.0465. The number of amides is 1. The Kier molecular flexibility index (Phi) is 6.50. The first kappa shape index (κ1) is 19.7. The summed E-state index contributed by atoms with van der Waals surface area (Å²) in [5, 5.41) is 33.4. The van der Waals surface area contributed by atoms with Gasteiger partial charge in [0, 0.05) is 24.2 Å². The maximum Gasteiger partial charge on any atom is 0.407 e. The van der Waals surface area contributed by atoms with Gasteiger partial charge in [-0.05, 0) is 26.8 Å². The van der Waals surface area contributed by atoms with Gasteiger partial charge in [0.05, 0.1) is 12.0 Å². The predicted molar refractivity (Wildman–Crippen MR) is 84.9 cm³/mol. The molecule has 9 heteroatoms. The number of hydrogen-bond acceptors (Lipinski definition) is 7. The van der Waals surface area contributed by atoms with Gasteiger partial charge in [0.1, 0.15) is 23.6 Å². The normalized spacial score (nSPS) is 13.8. The molecule has 1 aromatic carbocycles. The van der Waals surface area contributed by atoms with E-state index in [0.717, 1.165) is 6.07 Å². The van der Waals surface area contributed by atoms with Crippen LogP contribution in [0.1, 0.15) is 32.4 Å². The van der Waals surface area contributed by atoms with Crippen molar-refractivity contribution in [1.29, 1.82) is 0 Å². The van der Waals surface area contributed by atoms with Crippen molar-refractivity contribution in [3.8, 4) is 5.75 Å². The van der Waals surface area contributed by atoms with E-state index < -0.39 is 28.8 Å². The average Bonchev–Trinajstić information content (AvgIpc) is 2.49. The van der Waals surface area contributed by atoms with Crippen molar-refractivity contribution in [3.05, 3.63) is 33.9 Å². The number of aliphatic hydroxyl groups excluding tert-OH is 2. The first-order valence-corrected chi connectivity index (χ1v) is 7.20. The second-order valence-corrected chi connectivity index (χ2v) is 6.08. The van der Waals surface area contributed by atoms with Gasteiger partial charge in [-0.1, -0.05) is 0 Å². The predicted octanol–water partition coefficient (Wildman–Crippen LogP) is 1.52. The smallest absolute Gasteiger partial charge is 0.407 e. The van der Waals surface area contributed by atoms with Gasteiger partial charge in [-0.3, -0.25) is 10.1 Å². The Bertz CT molecular complexity index is 598. The van der Waals surface area contributed by atoms with Gasteiger partial charge in [0.15, 0.2) is 0 Å². The summed E-state index contributed by atoms with van der Waals surface area (Å²) in [5.41, 5.74) is -0.904. The summed E-state index contributed by atoms with van der Waals surface area (Å²) in [4.78, 5) is 21.8. The Balaban J connectivity index is 2.81. The van der Waals surface area contributed by atoms with Crippen LogP contribution in [0.3, 0.4) is 0 Å². The van der Waals surface area contributed by atoms with Crippen molar-refractivity contribution in [2.24, 2.45) is 0 Å². The molecule has 1 rings (SSSR count). The van der Waals surface area contributed by atoms with Crippen LogP contribution in [0.15, 0.2) is 18.2 Å². The molecule has 0 spiro atoms. The minimum Gasteiger partial charge on any atom is -0.496 e. The molecule has 24 heavy (non-hydrogen) atoms. The Morgan fingerprint density at radius 1 is 1.38 bits per heavy atom. The number of nitro benzene ring substituents is 1. The highest BCUT2D eigenvalue weighted by Crippen LogP contribution is 2.30. The number of aliphatic hydroxyl groups is 2. The molecule has 0 aromatic heterocycles. The molecule has 134 valence electrons. The number of methoxy groups -OCH3 is 1. The third-order valence-corrected chi connectivity index (χ3v) is 2.96. The molecule has 0 aliphatic rings. The number of nitrogens with zero attached hydrogens (tertiary/aromatic N) is 1.